The Morgan fingerprint density at radius 2 is 2.19 bits per heavy atom. The smallest absolute Gasteiger partial charge is 0.335 e. The molecule has 6 heteroatoms. The number of thiazole rings is 1. The van der Waals surface area contributed by atoms with E-state index in [1.807, 2.05) is 12.3 Å². The van der Waals surface area contributed by atoms with Crippen molar-refractivity contribution in [1.29, 1.82) is 0 Å². The molecule has 1 aromatic carbocycles. The maximum atomic E-state index is 11.8. The van der Waals surface area contributed by atoms with Crippen LogP contribution in [-0.4, -0.2) is 28.5 Å². The number of carboxylic acid groups (broad SMARTS) is 1. The lowest BCUT2D eigenvalue weighted by molar-refractivity contribution is -0.120. The second-order valence-corrected chi connectivity index (χ2v) is 5.70. The zero-order chi connectivity index (χ0) is 15.2. The molecule has 2 N–H and O–H groups in total. The van der Waals surface area contributed by atoms with E-state index >= 15 is 0 Å². The molecule has 2 aromatic rings. The molecule has 0 aliphatic heterocycles. The molecule has 0 atom stereocenters. The molecule has 2 rings (SSSR count). The van der Waals surface area contributed by atoms with E-state index in [2.05, 4.69) is 10.3 Å². The summed E-state index contributed by atoms with van der Waals surface area (Å²) in [5.41, 5.74) is 1.86. The molecule has 0 saturated carbocycles. The molecule has 0 spiro atoms. The van der Waals surface area contributed by atoms with Gasteiger partial charge in [0.25, 0.3) is 0 Å². The Morgan fingerprint density at radius 3 is 2.86 bits per heavy atom. The van der Waals surface area contributed by atoms with E-state index in [0.717, 1.165) is 10.7 Å². The van der Waals surface area contributed by atoms with Gasteiger partial charge in [-0.25, -0.2) is 9.78 Å². The van der Waals surface area contributed by atoms with Gasteiger partial charge in [-0.15, -0.1) is 11.3 Å². The van der Waals surface area contributed by atoms with Crippen LogP contribution >= 0.6 is 11.3 Å². The monoisotopic (exact) mass is 304 g/mol. The summed E-state index contributed by atoms with van der Waals surface area (Å²) >= 11 is 1.59. The second-order valence-electron chi connectivity index (χ2n) is 4.64. The summed E-state index contributed by atoms with van der Waals surface area (Å²) < 4.78 is 0. The molecule has 5 nitrogen and oxygen atoms in total. The number of aromatic carboxylic acids is 1. The van der Waals surface area contributed by atoms with Crippen LogP contribution in [0.4, 0.5) is 0 Å². The molecule has 0 aliphatic carbocycles. The van der Waals surface area contributed by atoms with Crippen molar-refractivity contribution in [2.24, 2.45) is 0 Å². The van der Waals surface area contributed by atoms with Crippen LogP contribution in [0.1, 0.15) is 26.6 Å². The normalized spacial score (nSPS) is 10.3. The van der Waals surface area contributed by atoms with Gasteiger partial charge in [0.15, 0.2) is 0 Å². The molecule has 0 bridgehead atoms. The number of hydrogen-bond acceptors (Lipinski definition) is 4. The number of nitrogens with one attached hydrogen (secondary N) is 1. The third kappa shape index (κ3) is 4.68. The summed E-state index contributed by atoms with van der Waals surface area (Å²) in [7, 11) is 0. The summed E-state index contributed by atoms with van der Waals surface area (Å²) in [5.74, 6) is -1.11. The molecule has 0 saturated heterocycles. The van der Waals surface area contributed by atoms with Crippen LogP contribution in [0.15, 0.2) is 29.6 Å². The average Bonchev–Trinajstić information content (AvgIpc) is 2.84. The number of carboxylic acids is 1. The first kappa shape index (κ1) is 15.2. The number of aromatic nitrogens is 1. The van der Waals surface area contributed by atoms with Gasteiger partial charge in [-0.2, -0.15) is 0 Å². The summed E-state index contributed by atoms with van der Waals surface area (Å²) in [6, 6.07) is 6.42. The fourth-order valence-corrected chi connectivity index (χ4v) is 2.56. The Kier molecular flexibility index (Phi) is 5.05. The first-order valence-electron chi connectivity index (χ1n) is 6.54. The number of aryl methyl sites for hydroxylation is 1. The summed E-state index contributed by atoms with van der Waals surface area (Å²) in [4.78, 5) is 27.0. The highest BCUT2D eigenvalue weighted by atomic mass is 32.1. The number of carbonyl (C=O) groups excluding carboxylic acids is 1. The minimum absolute atomic E-state index is 0.121. The molecule has 1 aromatic heterocycles. The SMILES string of the molecule is Cc1nc(CCNC(=O)Cc2cccc(C(=O)O)c2)cs1. The van der Waals surface area contributed by atoms with Crippen LogP contribution in [0.2, 0.25) is 0 Å². The molecule has 0 radical (unpaired) electrons. The van der Waals surface area contributed by atoms with Crippen LogP contribution in [0.25, 0.3) is 0 Å². The lowest BCUT2D eigenvalue weighted by Crippen LogP contribution is -2.27. The largest absolute Gasteiger partial charge is 0.478 e. The maximum Gasteiger partial charge on any atom is 0.335 e. The third-order valence-corrected chi connectivity index (χ3v) is 3.73. The molecule has 0 aliphatic rings. The second kappa shape index (κ2) is 6.99. The van der Waals surface area contributed by atoms with Crippen LogP contribution in [0.3, 0.4) is 0 Å². The number of nitrogens with zero attached hydrogens (tertiary/aromatic N) is 1. The fraction of sp³-hybridized carbons (Fsp3) is 0.267. The highest BCUT2D eigenvalue weighted by Gasteiger charge is 2.07. The molecular weight excluding hydrogens is 288 g/mol. The van der Waals surface area contributed by atoms with E-state index in [1.54, 1.807) is 23.5 Å². The zero-order valence-electron chi connectivity index (χ0n) is 11.6. The van der Waals surface area contributed by atoms with Gasteiger partial charge >= 0.3 is 5.97 Å². The Labute approximate surface area is 126 Å². The van der Waals surface area contributed by atoms with E-state index in [1.165, 1.54) is 12.1 Å². The minimum atomic E-state index is -0.990. The molecule has 0 unspecified atom stereocenters. The number of rotatable bonds is 6. The van der Waals surface area contributed by atoms with E-state index in [9.17, 15) is 9.59 Å². The van der Waals surface area contributed by atoms with Crippen molar-refractivity contribution in [3.8, 4) is 0 Å². The average molecular weight is 304 g/mol. The van der Waals surface area contributed by atoms with E-state index in [0.29, 0.717) is 18.5 Å². The Hall–Kier alpha value is -2.21. The van der Waals surface area contributed by atoms with Crippen LogP contribution in [-0.2, 0) is 17.6 Å². The van der Waals surface area contributed by atoms with Crippen molar-refractivity contribution in [3.63, 3.8) is 0 Å². The molecule has 1 amide bonds. The molecule has 1 heterocycles. The quantitative estimate of drug-likeness (QED) is 0.856. The Bertz CT molecular complexity index is 652. The van der Waals surface area contributed by atoms with E-state index in [4.69, 9.17) is 5.11 Å². The van der Waals surface area contributed by atoms with Gasteiger partial charge in [0.2, 0.25) is 5.91 Å². The van der Waals surface area contributed by atoms with Gasteiger partial charge in [0, 0.05) is 18.3 Å². The van der Waals surface area contributed by atoms with Crippen LogP contribution in [0, 0.1) is 6.92 Å². The zero-order valence-corrected chi connectivity index (χ0v) is 12.4. The van der Waals surface area contributed by atoms with Gasteiger partial charge in [-0.3, -0.25) is 4.79 Å². The molecular formula is C15H16N2O3S. The summed E-state index contributed by atoms with van der Waals surface area (Å²) in [6.45, 7) is 2.48. The van der Waals surface area contributed by atoms with Gasteiger partial charge in [-0.1, -0.05) is 12.1 Å². The third-order valence-electron chi connectivity index (χ3n) is 2.91. The number of benzene rings is 1. The molecule has 21 heavy (non-hydrogen) atoms. The van der Waals surface area contributed by atoms with Gasteiger partial charge in [0.1, 0.15) is 0 Å². The van der Waals surface area contributed by atoms with Gasteiger partial charge < -0.3 is 10.4 Å². The minimum Gasteiger partial charge on any atom is -0.478 e. The lowest BCUT2D eigenvalue weighted by Gasteiger charge is -2.05. The fourth-order valence-electron chi connectivity index (χ4n) is 1.92. The topological polar surface area (TPSA) is 79.3 Å². The first-order valence-corrected chi connectivity index (χ1v) is 7.42. The predicted octanol–water partition coefficient (Wildman–Crippen LogP) is 2.05. The Morgan fingerprint density at radius 1 is 1.38 bits per heavy atom. The standard InChI is InChI=1S/C15H16N2O3S/c1-10-17-13(9-21-10)5-6-16-14(18)8-11-3-2-4-12(7-11)15(19)20/h2-4,7,9H,5-6,8H2,1H3,(H,16,18)(H,19,20). The van der Waals surface area contributed by atoms with Crippen molar-refractivity contribution in [2.75, 3.05) is 6.54 Å². The van der Waals surface area contributed by atoms with Crippen molar-refractivity contribution in [2.45, 2.75) is 19.8 Å². The maximum absolute atomic E-state index is 11.8. The van der Waals surface area contributed by atoms with Crippen LogP contribution in [0.5, 0.6) is 0 Å². The van der Waals surface area contributed by atoms with Crippen molar-refractivity contribution >= 4 is 23.2 Å². The number of hydrogen-bond donors (Lipinski definition) is 2. The molecule has 110 valence electrons. The van der Waals surface area contributed by atoms with Gasteiger partial charge in [0.05, 0.1) is 22.7 Å². The summed E-state index contributed by atoms with van der Waals surface area (Å²) in [5, 5.41) is 14.7. The predicted molar refractivity (Wildman–Crippen MR) is 80.7 cm³/mol. The van der Waals surface area contributed by atoms with Crippen LogP contribution < -0.4 is 5.32 Å². The van der Waals surface area contributed by atoms with Crippen molar-refractivity contribution < 1.29 is 14.7 Å². The van der Waals surface area contributed by atoms with Gasteiger partial charge in [-0.05, 0) is 24.6 Å². The first-order chi connectivity index (χ1) is 10.0. The number of carbonyl (C=O) groups is 2. The lowest BCUT2D eigenvalue weighted by atomic mass is 10.1. The van der Waals surface area contributed by atoms with Crippen molar-refractivity contribution in [3.05, 3.63) is 51.5 Å². The summed E-state index contributed by atoms with van der Waals surface area (Å²) in [6.07, 6.45) is 0.877. The van der Waals surface area contributed by atoms with Crippen molar-refractivity contribution in [1.82, 2.24) is 10.3 Å². The highest BCUT2D eigenvalue weighted by Crippen LogP contribution is 2.08. The highest BCUT2D eigenvalue weighted by molar-refractivity contribution is 7.09. The Balaban J connectivity index is 1.81. The van der Waals surface area contributed by atoms with E-state index < -0.39 is 5.97 Å². The molecule has 0 fully saturated rings. The van der Waals surface area contributed by atoms with E-state index in [-0.39, 0.29) is 17.9 Å². The number of amides is 1.